The lowest BCUT2D eigenvalue weighted by Gasteiger charge is -2.31. The fourth-order valence-corrected chi connectivity index (χ4v) is 3.44. The second-order valence-electron chi connectivity index (χ2n) is 7.30. The average molecular weight is 361 g/mol. The summed E-state index contributed by atoms with van der Waals surface area (Å²) in [5, 5.41) is 4.28. The zero-order chi connectivity index (χ0) is 17.6. The molecule has 0 saturated heterocycles. The first-order valence-electron chi connectivity index (χ1n) is 9.18. The fraction of sp³-hybridized carbons (Fsp3) is 0.550. The van der Waals surface area contributed by atoms with Gasteiger partial charge in [-0.15, -0.1) is 0 Å². The van der Waals surface area contributed by atoms with Crippen LogP contribution in [0.5, 0.6) is 11.5 Å². The van der Waals surface area contributed by atoms with Gasteiger partial charge in [0.1, 0.15) is 0 Å². The van der Waals surface area contributed by atoms with Crippen LogP contribution in [0, 0.1) is 11.8 Å². The van der Waals surface area contributed by atoms with E-state index in [1.807, 2.05) is 6.07 Å². The molecule has 1 aromatic carbocycles. The summed E-state index contributed by atoms with van der Waals surface area (Å²) in [7, 11) is 0. The predicted octanol–water partition coefficient (Wildman–Crippen LogP) is 4.10. The molecule has 0 radical (unpaired) electrons. The molecule has 0 spiro atoms. The number of benzene rings is 1. The summed E-state index contributed by atoms with van der Waals surface area (Å²) in [6, 6.07) is 6.16. The predicted molar refractivity (Wildman–Crippen MR) is 105 cm³/mol. The third kappa shape index (κ3) is 5.11. The molecule has 0 saturated carbocycles. The largest absolute Gasteiger partial charge is 0.454 e. The van der Waals surface area contributed by atoms with Crippen molar-refractivity contribution in [3.8, 4) is 11.5 Å². The smallest absolute Gasteiger partial charge is 0.231 e. The van der Waals surface area contributed by atoms with E-state index in [1.165, 1.54) is 18.4 Å². The van der Waals surface area contributed by atoms with E-state index in [-0.39, 0.29) is 0 Å². The van der Waals surface area contributed by atoms with Crippen LogP contribution in [-0.2, 0) is 6.54 Å². The maximum atomic E-state index is 5.70. The zero-order valence-corrected chi connectivity index (χ0v) is 16.0. The second-order valence-corrected chi connectivity index (χ2v) is 7.69. The second kappa shape index (κ2) is 8.56. The third-order valence-corrected chi connectivity index (χ3v) is 5.02. The maximum Gasteiger partial charge on any atom is 0.231 e. The first-order valence-corrected chi connectivity index (χ1v) is 9.59. The number of allylic oxidation sites excluding steroid dienone is 2. The van der Waals surface area contributed by atoms with Gasteiger partial charge in [-0.05, 0) is 61.0 Å². The van der Waals surface area contributed by atoms with Crippen LogP contribution in [0.25, 0.3) is 0 Å². The van der Waals surface area contributed by atoms with E-state index in [2.05, 4.69) is 48.3 Å². The minimum absolute atomic E-state index is 0.311. The van der Waals surface area contributed by atoms with Crippen LogP contribution in [0.15, 0.2) is 30.4 Å². The molecule has 1 aromatic rings. The van der Waals surface area contributed by atoms with Gasteiger partial charge in [0.2, 0.25) is 6.79 Å². The van der Waals surface area contributed by atoms with Crippen LogP contribution < -0.4 is 14.8 Å². The van der Waals surface area contributed by atoms with Crippen molar-refractivity contribution >= 4 is 17.3 Å². The number of fused-ring (bicyclic) bond motifs is 1. The molecule has 0 aromatic heterocycles. The number of nitrogens with zero attached hydrogens (tertiary/aromatic N) is 1. The van der Waals surface area contributed by atoms with Crippen LogP contribution in [0.1, 0.15) is 38.7 Å². The van der Waals surface area contributed by atoms with Gasteiger partial charge in [0.15, 0.2) is 16.6 Å². The number of rotatable bonds is 6. The van der Waals surface area contributed by atoms with Crippen molar-refractivity contribution in [3.63, 3.8) is 0 Å². The van der Waals surface area contributed by atoms with E-state index in [4.69, 9.17) is 21.7 Å². The lowest BCUT2D eigenvalue weighted by atomic mass is 9.94. The van der Waals surface area contributed by atoms with Gasteiger partial charge in [-0.3, -0.25) is 0 Å². The standard InChI is InChI=1S/C20H28N2O2S/c1-15(2)11-21-20(25)22(12-16-6-4-3-5-7-16)13-17-8-9-18-19(10-17)24-14-23-18/h3-4,8-10,15-16H,5-7,11-14H2,1-2H3,(H,21,25)/t16-/m0/s1. The lowest BCUT2D eigenvalue weighted by Crippen LogP contribution is -2.43. The first-order chi connectivity index (χ1) is 12.1. The van der Waals surface area contributed by atoms with Crippen LogP contribution in [0.3, 0.4) is 0 Å². The van der Waals surface area contributed by atoms with Gasteiger partial charge < -0.3 is 19.7 Å². The number of nitrogens with one attached hydrogen (secondary N) is 1. The minimum atomic E-state index is 0.311. The topological polar surface area (TPSA) is 33.7 Å². The number of ether oxygens (including phenoxy) is 2. The average Bonchev–Trinajstić information content (AvgIpc) is 3.07. The summed E-state index contributed by atoms with van der Waals surface area (Å²) in [4.78, 5) is 2.30. The molecule has 25 heavy (non-hydrogen) atoms. The Kier molecular flexibility index (Phi) is 6.19. The van der Waals surface area contributed by atoms with Crippen molar-refractivity contribution in [1.29, 1.82) is 0 Å². The molecule has 0 fully saturated rings. The Balaban J connectivity index is 1.68. The third-order valence-electron chi connectivity index (χ3n) is 4.62. The molecule has 3 rings (SSSR count). The van der Waals surface area contributed by atoms with Gasteiger partial charge in [0.05, 0.1) is 0 Å². The minimum Gasteiger partial charge on any atom is -0.454 e. The van der Waals surface area contributed by atoms with Crippen molar-refractivity contribution in [2.45, 2.75) is 39.7 Å². The molecule has 1 N–H and O–H groups in total. The molecule has 2 aliphatic rings. The van der Waals surface area contributed by atoms with Crippen LogP contribution in [0.2, 0.25) is 0 Å². The van der Waals surface area contributed by atoms with E-state index < -0.39 is 0 Å². The summed E-state index contributed by atoms with van der Waals surface area (Å²) < 4.78 is 10.9. The van der Waals surface area contributed by atoms with E-state index in [1.54, 1.807) is 0 Å². The Morgan fingerprint density at radius 3 is 2.88 bits per heavy atom. The normalized spacial score (nSPS) is 18.4. The highest BCUT2D eigenvalue weighted by Crippen LogP contribution is 2.33. The summed E-state index contributed by atoms with van der Waals surface area (Å²) in [5.74, 6) is 2.90. The highest BCUT2D eigenvalue weighted by molar-refractivity contribution is 7.80. The fourth-order valence-electron chi connectivity index (χ4n) is 3.22. The Hall–Kier alpha value is -1.75. The molecular formula is C20H28N2O2S. The molecule has 1 heterocycles. The van der Waals surface area contributed by atoms with Gasteiger partial charge >= 0.3 is 0 Å². The van der Waals surface area contributed by atoms with Crippen LogP contribution >= 0.6 is 12.2 Å². The molecule has 5 heteroatoms. The summed E-state index contributed by atoms with van der Waals surface area (Å²) in [6.07, 6.45) is 8.14. The van der Waals surface area contributed by atoms with E-state index in [0.29, 0.717) is 18.6 Å². The molecule has 0 unspecified atom stereocenters. The lowest BCUT2D eigenvalue weighted by molar-refractivity contribution is 0.174. The molecule has 0 amide bonds. The Bertz CT molecular complexity index is 630. The quantitative estimate of drug-likeness (QED) is 0.610. The Morgan fingerprint density at radius 1 is 1.28 bits per heavy atom. The van der Waals surface area contributed by atoms with Crippen molar-refractivity contribution in [2.24, 2.45) is 11.8 Å². The van der Waals surface area contributed by atoms with E-state index >= 15 is 0 Å². The van der Waals surface area contributed by atoms with E-state index in [0.717, 1.165) is 42.7 Å². The molecular weight excluding hydrogens is 332 g/mol. The number of hydrogen-bond donors (Lipinski definition) is 1. The van der Waals surface area contributed by atoms with Gasteiger partial charge in [0.25, 0.3) is 0 Å². The summed E-state index contributed by atoms with van der Waals surface area (Å²) in [5.41, 5.74) is 1.20. The highest BCUT2D eigenvalue weighted by Gasteiger charge is 2.19. The number of hydrogen-bond acceptors (Lipinski definition) is 3. The van der Waals surface area contributed by atoms with Gasteiger partial charge in [-0.25, -0.2) is 0 Å². The van der Waals surface area contributed by atoms with Crippen molar-refractivity contribution in [3.05, 3.63) is 35.9 Å². The molecule has 1 atom stereocenters. The SMILES string of the molecule is CC(C)CNC(=S)N(Cc1ccc2c(c1)OCO2)C[C@H]1CC=CCC1. The van der Waals surface area contributed by atoms with E-state index in [9.17, 15) is 0 Å². The van der Waals surface area contributed by atoms with Crippen molar-refractivity contribution in [1.82, 2.24) is 10.2 Å². The van der Waals surface area contributed by atoms with Gasteiger partial charge in [0, 0.05) is 19.6 Å². The molecule has 4 nitrogen and oxygen atoms in total. The number of thiocarbonyl (C=S) groups is 1. The molecule has 0 bridgehead atoms. The Labute approximate surface area is 156 Å². The summed E-state index contributed by atoms with van der Waals surface area (Å²) >= 11 is 5.70. The molecule has 1 aliphatic heterocycles. The van der Waals surface area contributed by atoms with Crippen molar-refractivity contribution < 1.29 is 9.47 Å². The molecule has 136 valence electrons. The molecule has 1 aliphatic carbocycles. The highest BCUT2D eigenvalue weighted by atomic mass is 32.1. The summed E-state index contributed by atoms with van der Waals surface area (Å²) in [6.45, 7) is 7.39. The maximum absolute atomic E-state index is 5.70. The van der Waals surface area contributed by atoms with Crippen LogP contribution in [0.4, 0.5) is 0 Å². The monoisotopic (exact) mass is 360 g/mol. The van der Waals surface area contributed by atoms with Gasteiger partial charge in [-0.1, -0.05) is 32.1 Å². The zero-order valence-electron chi connectivity index (χ0n) is 15.2. The first kappa shape index (κ1) is 18.1. The van der Waals surface area contributed by atoms with Crippen molar-refractivity contribution in [2.75, 3.05) is 19.9 Å². The van der Waals surface area contributed by atoms with Gasteiger partial charge in [-0.2, -0.15) is 0 Å². The Morgan fingerprint density at radius 2 is 2.12 bits per heavy atom. The van der Waals surface area contributed by atoms with Crippen LogP contribution in [-0.4, -0.2) is 29.9 Å².